The highest BCUT2D eigenvalue weighted by molar-refractivity contribution is 5.91. The minimum Gasteiger partial charge on any atom is -0.497 e. The van der Waals surface area contributed by atoms with E-state index < -0.39 is 30.4 Å². The molecule has 7 nitrogen and oxygen atoms in total. The monoisotopic (exact) mass is 508 g/mol. The summed E-state index contributed by atoms with van der Waals surface area (Å²) in [5.74, 6) is 0.177. The third-order valence-corrected chi connectivity index (χ3v) is 5.16. The number of alkyl halides is 3. The molecule has 0 amide bonds. The second kappa shape index (κ2) is 11.3. The van der Waals surface area contributed by atoms with E-state index in [1.165, 1.54) is 43.2 Å². The number of methoxy groups -OCH3 is 2. The molecule has 0 fully saturated rings. The highest BCUT2D eigenvalue weighted by Gasteiger charge is 2.29. The molecule has 194 valence electrons. The first-order valence-corrected chi connectivity index (χ1v) is 11.1. The molecule has 2 aromatic carbocycles. The number of ether oxygens (including phenoxy) is 2. The molecule has 0 aliphatic carbocycles. The van der Waals surface area contributed by atoms with Crippen molar-refractivity contribution in [3.05, 3.63) is 70.3 Å². The van der Waals surface area contributed by atoms with E-state index in [-0.39, 0.29) is 18.6 Å². The molecule has 2 N–H and O–H groups in total. The topological polar surface area (TPSA) is 76.9 Å². The number of hydrogen-bond donors (Lipinski definition) is 2. The van der Waals surface area contributed by atoms with Gasteiger partial charge in [0, 0.05) is 18.8 Å². The Kier molecular flexibility index (Phi) is 8.36. The molecule has 1 atom stereocenters. The maximum atomic E-state index is 14.4. The van der Waals surface area contributed by atoms with E-state index in [0.29, 0.717) is 22.6 Å². The van der Waals surface area contributed by atoms with Crippen LogP contribution in [0, 0.1) is 5.82 Å². The second-order valence-corrected chi connectivity index (χ2v) is 7.37. The number of anilines is 1. The lowest BCUT2D eigenvalue weighted by Crippen LogP contribution is -2.43. The van der Waals surface area contributed by atoms with Crippen LogP contribution >= 0.6 is 0 Å². The first kappa shape index (κ1) is 26.7. The normalized spacial score (nSPS) is 14.3. The molecule has 2 heterocycles. The van der Waals surface area contributed by atoms with E-state index in [9.17, 15) is 22.4 Å². The molecule has 0 radical (unpaired) electrons. The zero-order valence-electron chi connectivity index (χ0n) is 20.1. The zero-order chi connectivity index (χ0) is 26.5. The van der Waals surface area contributed by atoms with Gasteiger partial charge in [0.2, 0.25) is 0 Å². The Labute approximate surface area is 206 Å². The van der Waals surface area contributed by atoms with Crippen molar-refractivity contribution in [1.29, 1.82) is 0 Å². The quantitative estimate of drug-likeness (QED) is 0.447. The van der Waals surface area contributed by atoms with Gasteiger partial charge in [-0.15, -0.1) is 0 Å². The van der Waals surface area contributed by atoms with Crippen LogP contribution in [0.3, 0.4) is 0 Å². The molecule has 1 aliphatic rings. The second-order valence-electron chi connectivity index (χ2n) is 7.37. The number of halogens is 4. The van der Waals surface area contributed by atoms with E-state index in [2.05, 4.69) is 15.6 Å². The molecule has 3 aromatic rings. The average molecular weight is 509 g/mol. The fourth-order valence-corrected chi connectivity index (χ4v) is 3.54. The third-order valence-electron chi connectivity index (χ3n) is 5.16. The van der Waals surface area contributed by atoms with Crippen molar-refractivity contribution in [1.82, 2.24) is 9.88 Å². The standard InChI is InChI=1S/C23H20F4N4O3.C2H6.H2/c1-33-16-6-4-15(5-7-16)31-20-14(11-28-22(30-20)29-12-23(25,26)27)9-17(21(31)32)13-3-8-19(34-2)18(24)10-13;1-2;/h3-11,22,29-30H,12H2,1-2H3;1-2H3;1H. The van der Waals surface area contributed by atoms with Crippen LogP contribution < -0.4 is 25.7 Å². The number of aliphatic imine (C=N–C) groups is 1. The predicted molar refractivity (Wildman–Crippen MR) is 133 cm³/mol. The van der Waals surface area contributed by atoms with Gasteiger partial charge in [0.25, 0.3) is 5.56 Å². The Balaban J connectivity index is 0.00000157. The van der Waals surface area contributed by atoms with Crippen molar-refractivity contribution in [2.75, 3.05) is 26.1 Å². The van der Waals surface area contributed by atoms with E-state index in [4.69, 9.17) is 9.47 Å². The highest BCUT2D eigenvalue weighted by atomic mass is 19.4. The van der Waals surface area contributed by atoms with E-state index in [0.717, 1.165) is 0 Å². The predicted octanol–water partition coefficient (Wildman–Crippen LogP) is 5.21. The molecule has 0 saturated heterocycles. The van der Waals surface area contributed by atoms with Crippen LogP contribution in [-0.2, 0) is 0 Å². The number of hydrogen-bond acceptors (Lipinski definition) is 6. The summed E-state index contributed by atoms with van der Waals surface area (Å²) >= 11 is 0. The minimum atomic E-state index is -4.44. The molecule has 1 aliphatic heterocycles. The number of nitrogens with zero attached hydrogens (tertiary/aromatic N) is 2. The minimum absolute atomic E-state index is 0. The zero-order valence-corrected chi connectivity index (χ0v) is 20.1. The Hall–Kier alpha value is -3.86. The fraction of sp³-hybridized carbons (Fsp3) is 0.280. The summed E-state index contributed by atoms with van der Waals surface area (Å²) in [6.45, 7) is 2.73. The van der Waals surface area contributed by atoms with Gasteiger partial charge < -0.3 is 14.8 Å². The number of aromatic nitrogens is 1. The molecule has 0 saturated carbocycles. The summed E-state index contributed by atoms with van der Waals surface area (Å²) in [7, 11) is 2.83. The third kappa shape index (κ3) is 5.85. The van der Waals surface area contributed by atoms with Gasteiger partial charge in [0.15, 0.2) is 17.9 Å². The van der Waals surface area contributed by atoms with Gasteiger partial charge in [0.1, 0.15) is 11.6 Å². The summed E-state index contributed by atoms with van der Waals surface area (Å²) < 4.78 is 63.8. The Morgan fingerprint density at radius 3 is 2.36 bits per heavy atom. The average Bonchev–Trinajstić information content (AvgIpc) is 2.88. The van der Waals surface area contributed by atoms with E-state index in [1.54, 1.807) is 30.3 Å². The van der Waals surface area contributed by atoms with Gasteiger partial charge in [-0.25, -0.2) is 4.39 Å². The van der Waals surface area contributed by atoms with Crippen LogP contribution in [0.4, 0.5) is 23.4 Å². The maximum absolute atomic E-state index is 14.4. The number of pyridine rings is 1. The smallest absolute Gasteiger partial charge is 0.401 e. The largest absolute Gasteiger partial charge is 0.497 e. The van der Waals surface area contributed by atoms with Crippen molar-refractivity contribution >= 4 is 12.0 Å². The van der Waals surface area contributed by atoms with Crippen molar-refractivity contribution < 1.29 is 28.5 Å². The Morgan fingerprint density at radius 2 is 1.78 bits per heavy atom. The first-order valence-electron chi connectivity index (χ1n) is 11.1. The maximum Gasteiger partial charge on any atom is 0.401 e. The highest BCUT2D eigenvalue weighted by Crippen LogP contribution is 2.29. The number of rotatable bonds is 6. The molecule has 36 heavy (non-hydrogen) atoms. The molecule has 1 unspecified atom stereocenters. The molecule has 11 heteroatoms. The summed E-state index contributed by atoms with van der Waals surface area (Å²) in [5, 5.41) is 5.10. The van der Waals surface area contributed by atoms with Crippen LogP contribution in [0.25, 0.3) is 16.8 Å². The SMILES string of the molecule is CC.COc1ccc(-n2c3c(cc(-c4ccc(OC)c(F)c4)c2=O)C=NC(NCC(F)(F)F)N3)cc1.[HH]. The lowest BCUT2D eigenvalue weighted by atomic mass is 10.0. The van der Waals surface area contributed by atoms with E-state index in [1.807, 2.05) is 13.8 Å². The van der Waals surface area contributed by atoms with Crippen LogP contribution in [0.5, 0.6) is 11.5 Å². The fourth-order valence-electron chi connectivity index (χ4n) is 3.54. The first-order chi connectivity index (χ1) is 17.2. The number of nitrogens with one attached hydrogen (secondary N) is 2. The van der Waals surface area contributed by atoms with Gasteiger partial charge in [0.05, 0.1) is 26.5 Å². The van der Waals surface area contributed by atoms with Crippen molar-refractivity contribution in [3.8, 4) is 28.3 Å². The lowest BCUT2D eigenvalue weighted by Gasteiger charge is -2.26. The Bertz CT molecular complexity index is 1290. The van der Waals surface area contributed by atoms with E-state index >= 15 is 0 Å². The van der Waals surface area contributed by atoms with Crippen molar-refractivity contribution in [3.63, 3.8) is 0 Å². The molecular formula is C25H28F4N4O3. The molecule has 0 spiro atoms. The number of benzene rings is 2. The summed E-state index contributed by atoms with van der Waals surface area (Å²) in [6, 6.07) is 12.2. The molecule has 1 aromatic heterocycles. The van der Waals surface area contributed by atoms with Crippen LogP contribution in [0.15, 0.2) is 58.3 Å². The van der Waals surface area contributed by atoms with Gasteiger partial charge >= 0.3 is 6.18 Å². The van der Waals surface area contributed by atoms with Crippen molar-refractivity contribution in [2.24, 2.45) is 4.99 Å². The van der Waals surface area contributed by atoms with Crippen LogP contribution in [0.1, 0.15) is 20.8 Å². The summed E-state index contributed by atoms with van der Waals surface area (Å²) in [6.07, 6.45) is -4.18. The van der Waals surface area contributed by atoms with Crippen LogP contribution in [0.2, 0.25) is 0 Å². The molecular weight excluding hydrogens is 480 g/mol. The van der Waals surface area contributed by atoms with Crippen LogP contribution in [-0.4, -0.2) is 44.0 Å². The number of fused-ring (bicyclic) bond motifs is 1. The van der Waals surface area contributed by atoms with Gasteiger partial charge in [-0.05, 0) is 48.0 Å². The summed E-state index contributed by atoms with van der Waals surface area (Å²) in [5.41, 5.74) is 0.831. The molecule has 0 bridgehead atoms. The van der Waals surface area contributed by atoms with Crippen molar-refractivity contribution in [2.45, 2.75) is 26.3 Å². The lowest BCUT2D eigenvalue weighted by molar-refractivity contribution is -0.125. The van der Waals surface area contributed by atoms with Gasteiger partial charge in [-0.2, -0.15) is 13.2 Å². The van der Waals surface area contributed by atoms with Gasteiger partial charge in [-0.3, -0.25) is 19.7 Å². The Morgan fingerprint density at radius 1 is 1.08 bits per heavy atom. The molecule has 4 rings (SSSR count). The van der Waals surface area contributed by atoms with Gasteiger partial charge in [-0.1, -0.05) is 19.9 Å². The summed E-state index contributed by atoms with van der Waals surface area (Å²) in [4.78, 5) is 17.6.